The maximum absolute atomic E-state index is 12.7. The van der Waals surface area contributed by atoms with E-state index in [1.165, 1.54) is 0 Å². The predicted molar refractivity (Wildman–Crippen MR) is 102 cm³/mol. The van der Waals surface area contributed by atoms with E-state index in [0.29, 0.717) is 31.1 Å². The molecule has 2 aromatic rings. The van der Waals surface area contributed by atoms with E-state index in [2.05, 4.69) is 5.32 Å². The third kappa shape index (κ3) is 4.67. The molecule has 0 bridgehead atoms. The van der Waals surface area contributed by atoms with Crippen LogP contribution in [0.5, 0.6) is 5.75 Å². The van der Waals surface area contributed by atoms with Crippen LogP contribution < -0.4 is 10.1 Å². The van der Waals surface area contributed by atoms with Gasteiger partial charge < -0.3 is 19.5 Å². The Morgan fingerprint density at radius 3 is 2.67 bits per heavy atom. The largest absolute Gasteiger partial charge is 0.489 e. The summed E-state index contributed by atoms with van der Waals surface area (Å²) >= 11 is 0. The molecule has 3 unspecified atom stereocenters. The molecule has 0 aromatic heterocycles. The summed E-state index contributed by atoms with van der Waals surface area (Å²) in [5.74, 6) is 0.625. The summed E-state index contributed by atoms with van der Waals surface area (Å²) in [5, 5.41) is 3.14. The number of hydrogen-bond acceptors (Lipinski definition) is 4. The van der Waals surface area contributed by atoms with Gasteiger partial charge in [0.05, 0.1) is 25.4 Å². The second-order valence-corrected chi connectivity index (χ2v) is 7.10. The molecule has 1 saturated heterocycles. The second kappa shape index (κ2) is 8.55. The summed E-state index contributed by atoms with van der Waals surface area (Å²) in [7, 11) is 0. The first kappa shape index (κ1) is 18.0. The Balaban J connectivity index is 1.33. The smallest absolute Gasteiger partial charge is 0.251 e. The molecular formula is C22H25NO4. The van der Waals surface area contributed by atoms with Crippen molar-refractivity contribution in [1.29, 1.82) is 0 Å². The number of amides is 1. The number of benzene rings is 2. The Hall–Kier alpha value is -2.37. The Kier molecular flexibility index (Phi) is 5.70. The van der Waals surface area contributed by atoms with Gasteiger partial charge in [-0.2, -0.15) is 0 Å². The fraction of sp³-hybridized carbons (Fsp3) is 0.409. The van der Waals surface area contributed by atoms with Crippen LogP contribution in [0.3, 0.4) is 0 Å². The zero-order valence-electron chi connectivity index (χ0n) is 15.3. The highest BCUT2D eigenvalue weighted by Crippen LogP contribution is 2.27. The lowest BCUT2D eigenvalue weighted by Gasteiger charge is -2.39. The molecule has 2 fully saturated rings. The van der Waals surface area contributed by atoms with E-state index in [0.717, 1.165) is 24.8 Å². The quantitative estimate of drug-likeness (QED) is 0.881. The van der Waals surface area contributed by atoms with Gasteiger partial charge in [0.25, 0.3) is 5.91 Å². The van der Waals surface area contributed by atoms with Crippen LogP contribution >= 0.6 is 0 Å². The highest BCUT2D eigenvalue weighted by atomic mass is 16.6. The minimum atomic E-state index is -0.0691. The average Bonchev–Trinajstić information content (AvgIpc) is 2.73. The summed E-state index contributed by atoms with van der Waals surface area (Å²) in [4.78, 5) is 12.7. The highest BCUT2D eigenvalue weighted by molar-refractivity contribution is 5.94. The molecule has 5 heteroatoms. The van der Waals surface area contributed by atoms with Crippen LogP contribution in [0, 0.1) is 0 Å². The zero-order chi connectivity index (χ0) is 18.5. The van der Waals surface area contributed by atoms with Crippen molar-refractivity contribution in [1.82, 2.24) is 5.32 Å². The summed E-state index contributed by atoms with van der Waals surface area (Å²) in [5.41, 5.74) is 1.71. The number of fused-ring (bicyclic) bond motifs is 1. The van der Waals surface area contributed by atoms with Gasteiger partial charge in [-0.05, 0) is 43.0 Å². The number of nitrogens with one attached hydrogen (secondary N) is 1. The van der Waals surface area contributed by atoms with Gasteiger partial charge in [0.1, 0.15) is 12.4 Å². The number of hydrogen-bond donors (Lipinski definition) is 1. The number of ether oxygens (including phenoxy) is 3. The Morgan fingerprint density at radius 1 is 1.00 bits per heavy atom. The third-order valence-corrected chi connectivity index (χ3v) is 5.16. The Labute approximate surface area is 159 Å². The molecule has 2 aromatic carbocycles. The van der Waals surface area contributed by atoms with Crippen LogP contribution in [-0.2, 0) is 16.1 Å². The minimum absolute atomic E-state index is 0.0691. The first-order valence-corrected chi connectivity index (χ1v) is 9.59. The van der Waals surface area contributed by atoms with Gasteiger partial charge >= 0.3 is 0 Å². The lowest BCUT2D eigenvalue weighted by atomic mass is 9.89. The van der Waals surface area contributed by atoms with E-state index < -0.39 is 0 Å². The van der Waals surface area contributed by atoms with Crippen molar-refractivity contribution in [2.75, 3.05) is 13.2 Å². The van der Waals surface area contributed by atoms with Crippen LogP contribution in [0.4, 0.5) is 0 Å². The van der Waals surface area contributed by atoms with E-state index in [4.69, 9.17) is 14.2 Å². The number of carbonyl (C=O) groups is 1. The first-order valence-electron chi connectivity index (χ1n) is 9.59. The summed E-state index contributed by atoms with van der Waals surface area (Å²) in [6.07, 6.45) is 2.93. The van der Waals surface area contributed by atoms with E-state index >= 15 is 0 Å². The normalized spacial score (nSPS) is 24.7. The van der Waals surface area contributed by atoms with E-state index in [1.807, 2.05) is 48.5 Å². The molecule has 4 rings (SSSR count). The molecule has 1 heterocycles. The third-order valence-electron chi connectivity index (χ3n) is 5.16. The lowest BCUT2D eigenvalue weighted by Crippen LogP contribution is -2.49. The summed E-state index contributed by atoms with van der Waals surface area (Å²) < 4.78 is 17.4. The SMILES string of the molecule is O=C(NC1CCC2OCCOC2C1)c1cccc(OCc2ccccc2)c1. The number of rotatable bonds is 5. The van der Waals surface area contributed by atoms with Crippen molar-refractivity contribution >= 4 is 5.91 Å². The van der Waals surface area contributed by atoms with E-state index in [1.54, 1.807) is 6.07 Å². The fourth-order valence-corrected chi connectivity index (χ4v) is 3.73. The van der Waals surface area contributed by atoms with Gasteiger partial charge in [-0.15, -0.1) is 0 Å². The zero-order valence-corrected chi connectivity index (χ0v) is 15.3. The van der Waals surface area contributed by atoms with Crippen LogP contribution in [0.2, 0.25) is 0 Å². The number of carbonyl (C=O) groups excluding carboxylic acids is 1. The highest BCUT2D eigenvalue weighted by Gasteiger charge is 2.34. The van der Waals surface area contributed by atoms with Crippen LogP contribution in [0.25, 0.3) is 0 Å². The average molecular weight is 367 g/mol. The van der Waals surface area contributed by atoms with Crippen molar-refractivity contribution in [3.63, 3.8) is 0 Å². The molecule has 0 spiro atoms. The van der Waals surface area contributed by atoms with E-state index in [9.17, 15) is 4.79 Å². The molecule has 27 heavy (non-hydrogen) atoms. The lowest BCUT2D eigenvalue weighted by molar-refractivity contribution is -0.157. The molecule has 3 atom stereocenters. The van der Waals surface area contributed by atoms with Crippen LogP contribution in [0.15, 0.2) is 54.6 Å². The molecule has 1 N–H and O–H groups in total. The topological polar surface area (TPSA) is 56.8 Å². The molecule has 142 valence electrons. The molecular weight excluding hydrogens is 342 g/mol. The molecule has 2 aliphatic rings. The standard InChI is InChI=1S/C22H25NO4/c24-22(23-18-9-10-20-21(14-18)26-12-11-25-20)17-7-4-8-19(13-17)27-15-16-5-2-1-3-6-16/h1-8,13,18,20-21H,9-12,14-15H2,(H,23,24). The minimum Gasteiger partial charge on any atom is -0.489 e. The fourth-order valence-electron chi connectivity index (χ4n) is 3.73. The molecule has 1 aliphatic carbocycles. The van der Waals surface area contributed by atoms with Gasteiger partial charge in [-0.25, -0.2) is 0 Å². The van der Waals surface area contributed by atoms with Crippen molar-refractivity contribution in [3.8, 4) is 5.75 Å². The van der Waals surface area contributed by atoms with Gasteiger partial charge in [0, 0.05) is 11.6 Å². The molecule has 1 aliphatic heterocycles. The monoisotopic (exact) mass is 367 g/mol. The molecule has 1 amide bonds. The maximum atomic E-state index is 12.7. The predicted octanol–water partition coefficient (Wildman–Crippen LogP) is 3.33. The van der Waals surface area contributed by atoms with Crippen molar-refractivity contribution in [2.24, 2.45) is 0 Å². The molecule has 1 saturated carbocycles. The van der Waals surface area contributed by atoms with Crippen molar-refractivity contribution in [3.05, 3.63) is 65.7 Å². The summed E-state index contributed by atoms with van der Waals surface area (Å²) in [6, 6.07) is 17.4. The van der Waals surface area contributed by atoms with Gasteiger partial charge in [0.2, 0.25) is 0 Å². The van der Waals surface area contributed by atoms with Crippen molar-refractivity contribution in [2.45, 2.75) is 44.1 Å². The van der Waals surface area contributed by atoms with Crippen LogP contribution in [0.1, 0.15) is 35.2 Å². The first-order chi connectivity index (χ1) is 13.3. The second-order valence-electron chi connectivity index (χ2n) is 7.10. The van der Waals surface area contributed by atoms with Gasteiger partial charge in [0.15, 0.2) is 0 Å². The van der Waals surface area contributed by atoms with Gasteiger partial charge in [-0.1, -0.05) is 36.4 Å². The van der Waals surface area contributed by atoms with E-state index in [-0.39, 0.29) is 24.2 Å². The molecule has 0 radical (unpaired) electrons. The van der Waals surface area contributed by atoms with Gasteiger partial charge in [-0.3, -0.25) is 4.79 Å². The maximum Gasteiger partial charge on any atom is 0.251 e. The summed E-state index contributed by atoms with van der Waals surface area (Å²) in [6.45, 7) is 1.80. The van der Waals surface area contributed by atoms with Crippen molar-refractivity contribution < 1.29 is 19.0 Å². The Bertz CT molecular complexity index is 764. The van der Waals surface area contributed by atoms with Crippen LogP contribution in [-0.4, -0.2) is 37.4 Å². The molecule has 5 nitrogen and oxygen atoms in total. The Morgan fingerprint density at radius 2 is 1.81 bits per heavy atom.